The Kier molecular flexibility index (Phi) is 3.06. The number of aryl methyl sites for hydroxylation is 1. The smallest absolute Gasteiger partial charge is 0.341 e. The molecular formula is C15H10BrNO3. The van der Waals surface area contributed by atoms with Crippen molar-refractivity contribution < 1.29 is 14.4 Å². The first-order valence-corrected chi connectivity index (χ1v) is 6.76. The van der Waals surface area contributed by atoms with Crippen molar-refractivity contribution in [3.05, 3.63) is 52.2 Å². The van der Waals surface area contributed by atoms with Crippen molar-refractivity contribution in [2.45, 2.75) is 6.92 Å². The number of aromatic nitrogens is 1. The van der Waals surface area contributed by atoms with Crippen LogP contribution in [0, 0.1) is 6.92 Å². The Labute approximate surface area is 123 Å². The summed E-state index contributed by atoms with van der Waals surface area (Å²) in [5.41, 5.74) is 1.14. The molecule has 0 spiro atoms. The Balaban J connectivity index is 2.31. The van der Waals surface area contributed by atoms with Gasteiger partial charge in [0.05, 0.1) is 0 Å². The highest BCUT2D eigenvalue weighted by molar-refractivity contribution is 9.10. The van der Waals surface area contributed by atoms with Crippen LogP contribution in [0.5, 0.6) is 0 Å². The third kappa shape index (κ3) is 1.91. The fourth-order valence-electron chi connectivity index (χ4n) is 2.22. The van der Waals surface area contributed by atoms with Gasteiger partial charge in [-0.2, -0.15) is 0 Å². The Morgan fingerprint density at radius 3 is 2.75 bits per heavy atom. The van der Waals surface area contributed by atoms with Crippen LogP contribution in [0.3, 0.4) is 0 Å². The normalized spacial score (nSPS) is 10.9. The molecule has 1 N–H and O–H groups in total. The van der Waals surface area contributed by atoms with Gasteiger partial charge in [-0.25, -0.2) is 4.79 Å². The summed E-state index contributed by atoms with van der Waals surface area (Å²) in [5.74, 6) is -0.744. The molecule has 0 aliphatic heterocycles. The average Bonchev–Trinajstić information content (AvgIpc) is 2.81. The number of carboxylic acids is 1. The summed E-state index contributed by atoms with van der Waals surface area (Å²) in [5, 5.41) is 15.2. The van der Waals surface area contributed by atoms with E-state index in [9.17, 15) is 9.90 Å². The summed E-state index contributed by atoms with van der Waals surface area (Å²) < 4.78 is 5.84. The molecule has 0 fully saturated rings. The molecule has 4 nitrogen and oxygen atoms in total. The fourth-order valence-corrected chi connectivity index (χ4v) is 2.91. The van der Waals surface area contributed by atoms with Crippen LogP contribution in [-0.2, 0) is 0 Å². The van der Waals surface area contributed by atoms with Gasteiger partial charge in [0.2, 0.25) is 0 Å². The zero-order valence-corrected chi connectivity index (χ0v) is 12.1. The van der Waals surface area contributed by atoms with Gasteiger partial charge in [-0.1, -0.05) is 41.6 Å². The van der Waals surface area contributed by atoms with Gasteiger partial charge >= 0.3 is 5.97 Å². The van der Waals surface area contributed by atoms with Crippen LogP contribution < -0.4 is 0 Å². The molecule has 0 amide bonds. The monoisotopic (exact) mass is 331 g/mol. The van der Waals surface area contributed by atoms with Crippen LogP contribution >= 0.6 is 15.9 Å². The van der Waals surface area contributed by atoms with E-state index in [-0.39, 0.29) is 5.56 Å². The maximum absolute atomic E-state index is 11.3. The zero-order valence-electron chi connectivity index (χ0n) is 10.6. The number of hydrogen-bond donors (Lipinski definition) is 1. The van der Waals surface area contributed by atoms with Gasteiger partial charge in [-0.15, -0.1) is 0 Å². The number of hydrogen-bond acceptors (Lipinski definition) is 3. The van der Waals surface area contributed by atoms with Gasteiger partial charge in [0, 0.05) is 10.0 Å². The number of nitrogens with zero attached hydrogens (tertiary/aromatic N) is 1. The SMILES string of the molecule is Cc1onc(-c2ccc3ccccc3c2Br)c1C(=O)O. The summed E-state index contributed by atoms with van der Waals surface area (Å²) in [6.07, 6.45) is 0. The number of carbonyl (C=O) groups is 1. The Morgan fingerprint density at radius 2 is 2.00 bits per heavy atom. The van der Waals surface area contributed by atoms with Crippen molar-refractivity contribution in [2.75, 3.05) is 0 Å². The quantitative estimate of drug-likeness (QED) is 0.761. The third-order valence-electron chi connectivity index (χ3n) is 3.19. The number of fused-ring (bicyclic) bond motifs is 1. The second kappa shape index (κ2) is 4.76. The molecule has 3 rings (SSSR count). The van der Waals surface area contributed by atoms with Crippen molar-refractivity contribution in [1.29, 1.82) is 0 Å². The van der Waals surface area contributed by atoms with E-state index in [1.165, 1.54) is 0 Å². The molecule has 0 saturated carbocycles. The highest BCUT2D eigenvalue weighted by Gasteiger charge is 2.22. The summed E-state index contributed by atoms with van der Waals surface area (Å²) in [6.45, 7) is 1.59. The maximum Gasteiger partial charge on any atom is 0.341 e. The van der Waals surface area contributed by atoms with E-state index < -0.39 is 5.97 Å². The number of benzene rings is 2. The topological polar surface area (TPSA) is 63.3 Å². The first-order chi connectivity index (χ1) is 9.59. The molecule has 0 radical (unpaired) electrons. The second-order valence-electron chi connectivity index (χ2n) is 4.42. The Morgan fingerprint density at radius 1 is 1.25 bits per heavy atom. The lowest BCUT2D eigenvalue weighted by atomic mass is 10.0. The lowest BCUT2D eigenvalue weighted by Crippen LogP contribution is -1.99. The minimum atomic E-state index is -1.04. The van der Waals surface area contributed by atoms with Crippen molar-refractivity contribution in [2.24, 2.45) is 0 Å². The lowest BCUT2D eigenvalue weighted by Gasteiger charge is -2.06. The molecule has 5 heteroatoms. The number of aromatic carboxylic acids is 1. The van der Waals surface area contributed by atoms with E-state index in [0.29, 0.717) is 17.0 Å². The highest BCUT2D eigenvalue weighted by Crippen LogP contribution is 2.36. The van der Waals surface area contributed by atoms with E-state index in [1.54, 1.807) is 6.92 Å². The van der Waals surface area contributed by atoms with E-state index >= 15 is 0 Å². The van der Waals surface area contributed by atoms with Crippen LogP contribution in [-0.4, -0.2) is 16.2 Å². The van der Waals surface area contributed by atoms with Crippen LogP contribution in [0.25, 0.3) is 22.0 Å². The van der Waals surface area contributed by atoms with Crippen LogP contribution in [0.4, 0.5) is 0 Å². The van der Waals surface area contributed by atoms with Gasteiger partial charge < -0.3 is 9.63 Å². The predicted molar refractivity (Wildman–Crippen MR) is 78.8 cm³/mol. The molecule has 0 unspecified atom stereocenters. The van der Waals surface area contributed by atoms with Crippen molar-refractivity contribution in [3.63, 3.8) is 0 Å². The minimum Gasteiger partial charge on any atom is -0.477 e. The summed E-state index contributed by atoms with van der Waals surface area (Å²) >= 11 is 3.54. The highest BCUT2D eigenvalue weighted by atomic mass is 79.9. The van der Waals surface area contributed by atoms with Crippen LogP contribution in [0.2, 0.25) is 0 Å². The average molecular weight is 332 g/mol. The van der Waals surface area contributed by atoms with Crippen molar-refractivity contribution in [3.8, 4) is 11.3 Å². The largest absolute Gasteiger partial charge is 0.477 e. The fraction of sp³-hybridized carbons (Fsp3) is 0.0667. The third-order valence-corrected chi connectivity index (χ3v) is 4.05. The summed E-state index contributed by atoms with van der Waals surface area (Å²) in [7, 11) is 0. The van der Waals surface area contributed by atoms with Gasteiger partial charge in [0.15, 0.2) is 0 Å². The van der Waals surface area contributed by atoms with Crippen LogP contribution in [0.15, 0.2) is 45.4 Å². The standard InChI is InChI=1S/C15H10BrNO3/c1-8-12(15(18)19)14(17-20-8)11-7-6-9-4-2-3-5-10(9)13(11)16/h2-7H,1H3,(H,18,19). The van der Waals surface area contributed by atoms with Crippen LogP contribution in [0.1, 0.15) is 16.1 Å². The Bertz CT molecular complexity index is 823. The van der Waals surface area contributed by atoms with E-state index in [0.717, 1.165) is 15.2 Å². The van der Waals surface area contributed by atoms with Gasteiger partial charge in [0.1, 0.15) is 17.0 Å². The molecule has 1 heterocycles. The zero-order chi connectivity index (χ0) is 14.3. The molecule has 1 aromatic heterocycles. The predicted octanol–water partition coefficient (Wildman–Crippen LogP) is 4.26. The second-order valence-corrected chi connectivity index (χ2v) is 5.21. The molecule has 0 saturated heterocycles. The summed E-state index contributed by atoms with van der Waals surface area (Å²) in [6, 6.07) is 11.6. The number of carboxylic acid groups (broad SMARTS) is 1. The van der Waals surface area contributed by atoms with Gasteiger partial charge in [-0.3, -0.25) is 0 Å². The molecule has 100 valence electrons. The molecule has 2 aromatic carbocycles. The molecule has 0 bridgehead atoms. The van der Waals surface area contributed by atoms with E-state index in [4.69, 9.17) is 4.52 Å². The number of rotatable bonds is 2. The molecule has 0 atom stereocenters. The molecule has 3 aromatic rings. The first-order valence-electron chi connectivity index (χ1n) is 5.97. The van der Waals surface area contributed by atoms with E-state index in [2.05, 4.69) is 21.1 Å². The van der Waals surface area contributed by atoms with Gasteiger partial charge in [0.25, 0.3) is 0 Å². The molecular weight excluding hydrogens is 322 g/mol. The minimum absolute atomic E-state index is 0.0981. The number of halogens is 1. The molecule has 0 aliphatic rings. The van der Waals surface area contributed by atoms with E-state index in [1.807, 2.05) is 36.4 Å². The maximum atomic E-state index is 11.3. The Hall–Kier alpha value is -2.14. The first kappa shape index (κ1) is 12.9. The summed E-state index contributed by atoms with van der Waals surface area (Å²) in [4.78, 5) is 11.3. The molecule has 0 aliphatic carbocycles. The molecule has 20 heavy (non-hydrogen) atoms. The van der Waals surface area contributed by atoms with Gasteiger partial charge in [-0.05, 0) is 33.6 Å². The van der Waals surface area contributed by atoms with Crippen molar-refractivity contribution >= 4 is 32.7 Å². The van der Waals surface area contributed by atoms with Crippen molar-refractivity contribution in [1.82, 2.24) is 5.16 Å². The lowest BCUT2D eigenvalue weighted by molar-refractivity contribution is 0.0696.